The first-order chi connectivity index (χ1) is 57.4. The van der Waals surface area contributed by atoms with Crippen molar-refractivity contribution in [2.24, 2.45) is 17.4 Å². The molecule has 2 unspecified atom stereocenters. The second-order valence-corrected chi connectivity index (χ2v) is 32.6. The lowest BCUT2D eigenvalue weighted by atomic mass is 9.86. The largest absolute Gasteiger partial charge is 0.508 e. The number of nitrogens with one attached hydrogen (secondary N) is 8. The van der Waals surface area contributed by atoms with Gasteiger partial charge in [0.1, 0.15) is 126 Å². The molecule has 9 heterocycles. The van der Waals surface area contributed by atoms with E-state index in [-0.39, 0.29) is 42.0 Å². The lowest BCUT2D eigenvalue weighted by Crippen LogP contribution is -2.65. The number of carbonyl (C=O) groups excluding carboxylic acids is 7. The first kappa shape index (κ1) is 90.5. The minimum absolute atomic E-state index is 0.115. The molecule has 24 N–H and O–H groups in total. The number of carboxylic acid groups (broad SMARTS) is 1. The highest BCUT2D eigenvalue weighted by Gasteiger charge is 2.53. The van der Waals surface area contributed by atoms with Gasteiger partial charge in [0, 0.05) is 53.6 Å². The van der Waals surface area contributed by atoms with Crippen LogP contribution in [0, 0.1) is 5.92 Å². The van der Waals surface area contributed by atoms with E-state index >= 15 is 24.0 Å². The number of amides is 7. The summed E-state index contributed by atoms with van der Waals surface area (Å²) >= 11 is 16.0. The van der Waals surface area contributed by atoms with E-state index < -0.39 is 279 Å². The van der Waals surface area contributed by atoms with Crippen LogP contribution in [-0.4, -0.2) is 251 Å². The number of primary amides is 1. The number of aliphatic hydroxyl groups is 8. The molecule has 0 spiro atoms. The monoisotopic (exact) mass is 1750 g/mol. The third kappa shape index (κ3) is 20.3. The SMILES string of the molecule is CN[C@H](CC(C)C)C(=O)NC1C(=O)N[C@@H](CC(N)=O)C(=O)N[C@H]2C(=O)N[C@H]3C(=O)N[C@H](C(=O)N[C@@H](C(=O)O)c4cc(O)cc(O)c4-c4cc3ccc4O)[C@H](OC3C[C@](C)(N)[C@@H](O)[C@H](C)O3)c3ccc(c(Cl)c3)Oc3cc2cc(c3O[C@@H]2O[C@H](CO)[C@@H](O[C@@H]3O[C@H](CNCCSCc4ccco4)[C@H](O)[C@H](O)[C@H]3O)[C@H](O)[C@H]2O)Oc2ccc(cc2Cl)[C@H]1O. The number of phenolic OH excluding ortho intramolecular Hbond substituents is 3. The molecule has 3 fully saturated rings. The number of aliphatic hydroxyl groups excluding tert-OH is 8. The summed E-state index contributed by atoms with van der Waals surface area (Å²) in [5, 5.41) is 159. The zero-order valence-electron chi connectivity index (χ0n) is 65.3. The first-order valence-corrected chi connectivity index (χ1v) is 40.3. The predicted octanol–water partition coefficient (Wildman–Crippen LogP) is 0.0541. The second-order valence-electron chi connectivity index (χ2n) is 30.7. The second kappa shape index (κ2) is 38.3. The summed E-state index contributed by atoms with van der Waals surface area (Å²) in [6.07, 6.45) is -27.3. The van der Waals surface area contributed by atoms with Gasteiger partial charge in [-0.05, 0) is 122 Å². The molecule has 6 aromatic rings. The van der Waals surface area contributed by atoms with Gasteiger partial charge >= 0.3 is 5.97 Å². The predicted molar refractivity (Wildman–Crippen MR) is 423 cm³/mol. The van der Waals surface area contributed by atoms with Crippen LogP contribution in [0.5, 0.6) is 46.0 Å². The number of fused-ring (bicyclic) bond motifs is 15. The Bertz CT molecular complexity index is 4820. The standard InChI is InChI=1S/C79H94Cl2N10O29S/c1-30(2)17-42(84-5)70(104)90-58-60(97)33-9-12-46(40(80)19-33)114-48-21-35-22-49(67(48)119-78-65(102)63(100)68(51(28-92)117-78)120-77-64(101)62(99)61(98)50(116-77)27-85-14-16-121-29-37-7-6-15-112-37)115-47-13-10-34(20-41(47)81)66(118-53-26-79(4,83)69(103)31(3)113-53)59-75(109)89-57(76(110)111)39-23-36(93)24-45(95)54(39)38-18-32(8-11-44(38)94)55(72(106)91-59)88-73(107)56(35)87-71(105)43(25-52(82)96)86-74(58)108/h6-13,15,18-24,30-31,42-43,50-51,53,55-66,68-69,77-78,84-85,92-95,97-103H,14,16-17,25-29,83H2,1-5H3,(H2,82,96)(H,86,108)(H,87,105)(H,88,107)(H,89,109)(H,90,104)(H,91,106)(H,110,111)/t31-,42+,43-,50+,51+,53?,55+,56+,57+,58?,59-,60+,61-,62-,63+,64+,65+,66+,68+,69-,77-,78-,79-/m0/s1. The Morgan fingerprint density at radius 1 is 0.694 bits per heavy atom. The number of aliphatic carboxylic acids is 1. The lowest BCUT2D eigenvalue weighted by molar-refractivity contribution is -0.350. The number of hydrogen-bond acceptors (Lipinski definition) is 32. The van der Waals surface area contributed by atoms with Gasteiger partial charge in [-0.3, -0.25) is 33.6 Å². The minimum Gasteiger partial charge on any atom is -0.508 e. The van der Waals surface area contributed by atoms with Gasteiger partial charge in [0.25, 0.3) is 0 Å². The van der Waals surface area contributed by atoms with Crippen molar-refractivity contribution in [3.63, 3.8) is 0 Å². The smallest absolute Gasteiger partial charge is 0.330 e. The summed E-state index contributed by atoms with van der Waals surface area (Å²) < 4.78 is 56.4. The van der Waals surface area contributed by atoms with E-state index in [0.29, 0.717) is 18.1 Å². The average molecular weight is 1750 g/mol. The van der Waals surface area contributed by atoms with E-state index in [1.54, 1.807) is 26.2 Å². The summed E-state index contributed by atoms with van der Waals surface area (Å²) in [5.41, 5.74) is 8.00. The number of carbonyl (C=O) groups is 8. The van der Waals surface area contributed by atoms with Crippen LogP contribution in [-0.2, 0) is 67.8 Å². The van der Waals surface area contributed by atoms with E-state index in [2.05, 4.69) is 42.5 Å². The maximum absolute atomic E-state index is 16.4. The van der Waals surface area contributed by atoms with E-state index in [1.165, 1.54) is 44.8 Å². The van der Waals surface area contributed by atoms with Crippen LogP contribution in [0.3, 0.4) is 0 Å². The zero-order chi connectivity index (χ0) is 87.5. The van der Waals surface area contributed by atoms with Crippen LogP contribution in [0.4, 0.5) is 0 Å². The summed E-state index contributed by atoms with van der Waals surface area (Å²) in [4.78, 5) is 120. The highest BCUT2D eigenvalue weighted by molar-refractivity contribution is 7.98. The fourth-order valence-electron chi connectivity index (χ4n) is 15.0. The maximum atomic E-state index is 16.4. The Balaban J connectivity index is 1.04. The minimum atomic E-state index is -2.42. The van der Waals surface area contributed by atoms with Crippen molar-refractivity contribution in [1.82, 2.24) is 42.5 Å². The lowest BCUT2D eigenvalue weighted by Gasteiger charge is -2.46. The number of hydrogen-bond donors (Lipinski definition) is 22. The molecule has 23 atom stereocenters. The van der Waals surface area contributed by atoms with Crippen LogP contribution < -0.4 is 68.2 Å². The van der Waals surface area contributed by atoms with Gasteiger partial charge in [0.2, 0.25) is 53.4 Å². The van der Waals surface area contributed by atoms with Crippen molar-refractivity contribution in [2.75, 3.05) is 32.5 Å². The molecule has 121 heavy (non-hydrogen) atoms. The number of thioether (sulfide) groups is 1. The van der Waals surface area contributed by atoms with Crippen LogP contribution in [0.15, 0.2) is 102 Å². The van der Waals surface area contributed by atoms with Crippen LogP contribution in [0.25, 0.3) is 11.1 Å². The Morgan fingerprint density at radius 3 is 1.98 bits per heavy atom. The topological polar surface area (TPSA) is 615 Å². The normalized spacial score (nSPS) is 30.4. The summed E-state index contributed by atoms with van der Waals surface area (Å²) in [6.45, 7) is 5.69. The highest BCUT2D eigenvalue weighted by atomic mass is 35.5. The fourth-order valence-corrected chi connectivity index (χ4v) is 16.2. The van der Waals surface area contributed by atoms with Crippen molar-refractivity contribution in [1.29, 1.82) is 0 Å². The van der Waals surface area contributed by atoms with Crippen molar-refractivity contribution in [2.45, 2.75) is 193 Å². The van der Waals surface area contributed by atoms with Crippen LogP contribution in [0.2, 0.25) is 10.0 Å². The highest BCUT2D eigenvalue weighted by Crippen LogP contribution is 2.50. The summed E-state index contributed by atoms with van der Waals surface area (Å²) in [6, 6.07) is 2.61. The number of ether oxygens (including phenoxy) is 8. The fraction of sp³-hybridized carbons (Fsp3) is 0.468. The molecule has 8 aliphatic heterocycles. The maximum Gasteiger partial charge on any atom is 0.330 e. The average Bonchev–Trinajstić information content (AvgIpc) is 1.74. The van der Waals surface area contributed by atoms with Gasteiger partial charge in [-0.25, -0.2) is 4.79 Å². The first-order valence-electron chi connectivity index (χ1n) is 38.4. The molecule has 1 aromatic heterocycles. The number of furan rings is 1. The molecule has 0 saturated carbocycles. The van der Waals surface area contributed by atoms with E-state index in [0.717, 1.165) is 72.5 Å². The Kier molecular flexibility index (Phi) is 28.7. The van der Waals surface area contributed by atoms with Gasteiger partial charge in [-0.1, -0.05) is 55.2 Å². The summed E-state index contributed by atoms with van der Waals surface area (Å²) in [7, 11) is 1.46. The number of likely N-dealkylation sites (N-methyl/N-ethyl adjacent to an activating group) is 1. The third-order valence-electron chi connectivity index (χ3n) is 21.3. The van der Waals surface area contributed by atoms with Gasteiger partial charge in [0.05, 0.1) is 53.3 Å². The van der Waals surface area contributed by atoms with Gasteiger partial charge < -0.3 is 158 Å². The molecular weight excluding hydrogens is 1660 g/mol. The summed E-state index contributed by atoms with van der Waals surface area (Å²) in [5.74, 6) is -14.7. The van der Waals surface area contributed by atoms with E-state index in [9.17, 15) is 75.7 Å². The third-order valence-corrected chi connectivity index (χ3v) is 22.9. The molecule has 5 aromatic carbocycles. The van der Waals surface area contributed by atoms with E-state index in [1.807, 2.05) is 6.07 Å². The number of phenols is 3. The molecule has 11 bridgehead atoms. The van der Waals surface area contributed by atoms with Crippen molar-refractivity contribution < 1.29 is 142 Å². The Hall–Kier alpha value is -9.77. The molecule has 3 saturated heterocycles. The van der Waals surface area contributed by atoms with Crippen LogP contribution in [0.1, 0.15) is 111 Å². The molecule has 0 aliphatic carbocycles. The molecule has 42 heteroatoms. The molecular formula is C79H94Cl2N10O29S. The van der Waals surface area contributed by atoms with Gasteiger partial charge in [-0.2, -0.15) is 11.8 Å². The van der Waals surface area contributed by atoms with Gasteiger partial charge in [0.15, 0.2) is 30.1 Å². The van der Waals surface area contributed by atoms with Crippen molar-refractivity contribution >= 4 is 82.3 Å². The molecule has 14 rings (SSSR count). The quantitative estimate of drug-likeness (QED) is 0.0399. The van der Waals surface area contributed by atoms with Crippen LogP contribution >= 0.6 is 35.0 Å². The number of rotatable bonds is 22. The Labute approximate surface area is 703 Å². The molecule has 7 amide bonds. The number of nitrogens with two attached hydrogens (primary N) is 2. The molecule has 0 radical (unpaired) electrons. The zero-order valence-corrected chi connectivity index (χ0v) is 67.6. The van der Waals surface area contributed by atoms with Crippen molar-refractivity contribution in [3.8, 4) is 57.1 Å². The Morgan fingerprint density at radius 2 is 1.34 bits per heavy atom. The molecule has 654 valence electrons. The number of halogens is 2. The van der Waals surface area contributed by atoms with Crippen molar-refractivity contribution in [3.05, 3.63) is 141 Å². The number of carboxylic acids is 1. The number of benzene rings is 5. The van der Waals surface area contributed by atoms with E-state index in [4.69, 9.17) is 77.0 Å². The molecule has 39 nitrogen and oxygen atoms in total. The molecule has 8 aliphatic rings. The van der Waals surface area contributed by atoms with Gasteiger partial charge in [-0.15, -0.1) is 0 Å². The number of aromatic hydroxyl groups is 3.